The molecule has 0 saturated carbocycles. The zero-order chi connectivity index (χ0) is 13.0. The first-order chi connectivity index (χ1) is 8.66. The minimum atomic E-state index is -0.385. The number of amides is 2. The maximum atomic E-state index is 11.8. The van der Waals surface area contributed by atoms with Gasteiger partial charge in [0.1, 0.15) is 0 Å². The number of carbonyl (C=O) groups is 2. The fourth-order valence-electron chi connectivity index (χ4n) is 1.71. The zero-order valence-electron chi connectivity index (χ0n) is 9.74. The lowest BCUT2D eigenvalue weighted by molar-refractivity contribution is -0.130. The Balaban J connectivity index is 1.80. The van der Waals surface area contributed by atoms with E-state index in [-0.39, 0.29) is 24.1 Å². The summed E-state index contributed by atoms with van der Waals surface area (Å²) in [4.78, 5) is 25.2. The summed E-state index contributed by atoms with van der Waals surface area (Å²) < 4.78 is 5.58. The lowest BCUT2D eigenvalue weighted by Crippen LogP contribution is -2.49. The number of nitrogens with zero attached hydrogens (tertiary/aromatic N) is 1. The third kappa shape index (κ3) is 3.33. The Hall–Kier alpha value is -1.34. The number of carbonyl (C=O) groups excluding carboxylic acids is 2. The van der Waals surface area contributed by atoms with Gasteiger partial charge >= 0.3 is 0 Å². The molecule has 2 heterocycles. The molecule has 1 aliphatic rings. The molecule has 1 aliphatic heterocycles. The SMILES string of the molecule is O=C(NCC(=O)N1CCNCC1)c1ccc(Br)o1. The second kappa shape index (κ2) is 6.01. The van der Waals surface area contributed by atoms with E-state index in [1.54, 1.807) is 17.0 Å². The van der Waals surface area contributed by atoms with Crippen LogP contribution in [-0.4, -0.2) is 49.4 Å². The van der Waals surface area contributed by atoms with Crippen LogP contribution in [0.2, 0.25) is 0 Å². The van der Waals surface area contributed by atoms with E-state index in [0.717, 1.165) is 13.1 Å². The van der Waals surface area contributed by atoms with Gasteiger partial charge in [-0.05, 0) is 28.1 Å². The van der Waals surface area contributed by atoms with E-state index in [4.69, 9.17) is 4.42 Å². The van der Waals surface area contributed by atoms with Gasteiger partial charge in [-0.25, -0.2) is 0 Å². The van der Waals surface area contributed by atoms with Crippen molar-refractivity contribution in [3.63, 3.8) is 0 Å². The largest absolute Gasteiger partial charge is 0.444 e. The maximum Gasteiger partial charge on any atom is 0.287 e. The highest BCUT2D eigenvalue weighted by molar-refractivity contribution is 9.10. The van der Waals surface area contributed by atoms with E-state index in [1.807, 2.05) is 0 Å². The summed E-state index contributed by atoms with van der Waals surface area (Å²) in [5.74, 6) is -0.269. The summed E-state index contributed by atoms with van der Waals surface area (Å²) in [6, 6.07) is 3.18. The molecule has 0 aromatic carbocycles. The Morgan fingerprint density at radius 2 is 2.11 bits per heavy atom. The molecule has 1 aromatic rings. The Labute approximate surface area is 113 Å². The Morgan fingerprint density at radius 1 is 1.39 bits per heavy atom. The van der Waals surface area contributed by atoms with Crippen molar-refractivity contribution in [3.8, 4) is 0 Å². The third-order valence-corrected chi connectivity index (χ3v) is 3.09. The molecule has 98 valence electrons. The van der Waals surface area contributed by atoms with E-state index in [0.29, 0.717) is 17.8 Å². The number of hydrogen-bond acceptors (Lipinski definition) is 4. The van der Waals surface area contributed by atoms with Gasteiger partial charge in [0.15, 0.2) is 10.4 Å². The summed E-state index contributed by atoms with van der Waals surface area (Å²) in [5.41, 5.74) is 0. The number of furan rings is 1. The molecule has 2 N–H and O–H groups in total. The Morgan fingerprint density at radius 3 is 2.72 bits per heavy atom. The normalized spacial score (nSPS) is 15.5. The van der Waals surface area contributed by atoms with Crippen LogP contribution in [0.4, 0.5) is 0 Å². The van der Waals surface area contributed by atoms with E-state index in [1.165, 1.54) is 0 Å². The fourth-order valence-corrected chi connectivity index (χ4v) is 2.01. The number of halogens is 1. The molecule has 0 spiro atoms. The molecular weight excluding hydrogens is 302 g/mol. The summed E-state index contributed by atoms with van der Waals surface area (Å²) in [6.45, 7) is 2.95. The van der Waals surface area contributed by atoms with Gasteiger partial charge in [0.05, 0.1) is 6.54 Å². The van der Waals surface area contributed by atoms with Crippen LogP contribution in [-0.2, 0) is 4.79 Å². The van der Waals surface area contributed by atoms with Gasteiger partial charge < -0.3 is 20.0 Å². The van der Waals surface area contributed by atoms with Crippen LogP contribution in [0.15, 0.2) is 21.2 Å². The van der Waals surface area contributed by atoms with Gasteiger partial charge in [0.25, 0.3) is 5.91 Å². The number of piperazine rings is 1. The topological polar surface area (TPSA) is 74.6 Å². The van der Waals surface area contributed by atoms with Gasteiger partial charge in [-0.2, -0.15) is 0 Å². The van der Waals surface area contributed by atoms with Gasteiger partial charge in [-0.15, -0.1) is 0 Å². The van der Waals surface area contributed by atoms with E-state index in [9.17, 15) is 9.59 Å². The summed E-state index contributed by atoms with van der Waals surface area (Å²) in [6.07, 6.45) is 0. The van der Waals surface area contributed by atoms with Crippen LogP contribution in [0.5, 0.6) is 0 Å². The van der Waals surface area contributed by atoms with Crippen LogP contribution >= 0.6 is 15.9 Å². The minimum Gasteiger partial charge on any atom is -0.444 e. The predicted molar refractivity (Wildman–Crippen MR) is 68.2 cm³/mol. The van der Waals surface area contributed by atoms with Crippen molar-refractivity contribution in [2.24, 2.45) is 0 Å². The summed E-state index contributed by atoms with van der Waals surface area (Å²) in [7, 11) is 0. The van der Waals surface area contributed by atoms with Crippen LogP contribution in [0.3, 0.4) is 0 Å². The lowest BCUT2D eigenvalue weighted by atomic mass is 10.3. The quantitative estimate of drug-likeness (QED) is 0.836. The van der Waals surface area contributed by atoms with Crippen molar-refractivity contribution in [1.82, 2.24) is 15.5 Å². The van der Waals surface area contributed by atoms with Crippen molar-refractivity contribution >= 4 is 27.7 Å². The zero-order valence-corrected chi connectivity index (χ0v) is 11.3. The second-order valence-corrected chi connectivity index (χ2v) is 4.70. The summed E-state index contributed by atoms with van der Waals surface area (Å²) in [5, 5.41) is 5.71. The first-order valence-electron chi connectivity index (χ1n) is 5.69. The number of rotatable bonds is 3. The molecule has 0 unspecified atom stereocenters. The molecule has 1 aromatic heterocycles. The van der Waals surface area contributed by atoms with E-state index >= 15 is 0 Å². The van der Waals surface area contributed by atoms with Crippen molar-refractivity contribution in [1.29, 1.82) is 0 Å². The van der Waals surface area contributed by atoms with Gasteiger partial charge in [-0.3, -0.25) is 9.59 Å². The van der Waals surface area contributed by atoms with E-state index < -0.39 is 0 Å². The average Bonchev–Trinajstić information content (AvgIpc) is 2.83. The molecule has 0 radical (unpaired) electrons. The highest BCUT2D eigenvalue weighted by Crippen LogP contribution is 2.13. The first kappa shape index (κ1) is 13.1. The highest BCUT2D eigenvalue weighted by Gasteiger charge is 2.17. The lowest BCUT2D eigenvalue weighted by Gasteiger charge is -2.27. The second-order valence-electron chi connectivity index (χ2n) is 3.92. The molecular formula is C11H14BrN3O3. The summed E-state index contributed by atoms with van der Waals surface area (Å²) >= 11 is 3.11. The van der Waals surface area contributed by atoms with Crippen LogP contribution in [0, 0.1) is 0 Å². The Kier molecular flexibility index (Phi) is 4.38. The predicted octanol–water partition coefficient (Wildman–Crippen LogP) is 0.204. The number of hydrogen-bond donors (Lipinski definition) is 2. The van der Waals surface area contributed by atoms with Crippen molar-refractivity contribution in [2.45, 2.75) is 0 Å². The van der Waals surface area contributed by atoms with Crippen molar-refractivity contribution in [3.05, 3.63) is 22.6 Å². The Bertz CT molecular complexity index is 440. The molecule has 0 atom stereocenters. The van der Waals surface area contributed by atoms with Crippen LogP contribution < -0.4 is 10.6 Å². The first-order valence-corrected chi connectivity index (χ1v) is 6.48. The fraction of sp³-hybridized carbons (Fsp3) is 0.455. The molecule has 0 bridgehead atoms. The standard InChI is InChI=1S/C11H14BrN3O3/c12-9-2-1-8(18-9)11(17)14-7-10(16)15-5-3-13-4-6-15/h1-2,13H,3-7H2,(H,14,17). The molecule has 1 fully saturated rings. The molecule has 7 heteroatoms. The molecule has 2 amide bonds. The van der Waals surface area contributed by atoms with Crippen molar-refractivity contribution in [2.75, 3.05) is 32.7 Å². The van der Waals surface area contributed by atoms with Gasteiger partial charge in [0, 0.05) is 26.2 Å². The molecule has 1 saturated heterocycles. The van der Waals surface area contributed by atoms with Gasteiger partial charge in [-0.1, -0.05) is 0 Å². The minimum absolute atomic E-state index is 0.00283. The van der Waals surface area contributed by atoms with E-state index in [2.05, 4.69) is 26.6 Å². The molecule has 6 nitrogen and oxygen atoms in total. The highest BCUT2D eigenvalue weighted by atomic mass is 79.9. The monoisotopic (exact) mass is 315 g/mol. The smallest absolute Gasteiger partial charge is 0.287 e. The third-order valence-electron chi connectivity index (χ3n) is 2.67. The van der Waals surface area contributed by atoms with Crippen LogP contribution in [0.1, 0.15) is 10.6 Å². The number of nitrogens with one attached hydrogen (secondary N) is 2. The maximum absolute atomic E-state index is 11.8. The molecule has 2 rings (SSSR count). The van der Waals surface area contributed by atoms with Crippen LogP contribution in [0.25, 0.3) is 0 Å². The van der Waals surface area contributed by atoms with Gasteiger partial charge in [0.2, 0.25) is 5.91 Å². The molecule has 18 heavy (non-hydrogen) atoms. The van der Waals surface area contributed by atoms with Crippen molar-refractivity contribution < 1.29 is 14.0 Å². The average molecular weight is 316 g/mol. The molecule has 0 aliphatic carbocycles.